The number of rotatable bonds is 9. The summed E-state index contributed by atoms with van der Waals surface area (Å²) in [5, 5.41) is 3.31. The molecule has 0 saturated heterocycles. The Morgan fingerprint density at radius 2 is 2.11 bits per heavy atom. The second-order valence-corrected chi connectivity index (χ2v) is 6.00. The maximum Gasteiger partial charge on any atom is 0.127 e. The molecule has 0 fully saturated rings. The Labute approximate surface area is 120 Å². The fourth-order valence-electron chi connectivity index (χ4n) is 1.70. The summed E-state index contributed by atoms with van der Waals surface area (Å²) in [7, 11) is 0. The number of halogens is 1. The molecule has 1 aromatic rings. The van der Waals surface area contributed by atoms with Crippen molar-refractivity contribution in [1.29, 1.82) is 0 Å². The Morgan fingerprint density at radius 1 is 1.32 bits per heavy atom. The molecule has 1 aromatic carbocycles. The molecule has 0 saturated carbocycles. The molecule has 0 radical (unpaired) electrons. The molecule has 0 spiro atoms. The molecule has 4 heteroatoms. The minimum Gasteiger partial charge on any atom is -0.493 e. The molecule has 0 amide bonds. The van der Waals surface area contributed by atoms with Gasteiger partial charge in [0.1, 0.15) is 11.6 Å². The van der Waals surface area contributed by atoms with Crippen LogP contribution in [0, 0.1) is 11.7 Å². The van der Waals surface area contributed by atoms with Crippen LogP contribution in [0.25, 0.3) is 0 Å². The van der Waals surface area contributed by atoms with Gasteiger partial charge in [-0.2, -0.15) is 11.8 Å². The van der Waals surface area contributed by atoms with Crippen molar-refractivity contribution >= 4 is 11.8 Å². The summed E-state index contributed by atoms with van der Waals surface area (Å²) in [6, 6.07) is 4.92. The standard InChI is InChI=1S/C15H24FNOS/c1-12(2)10-17-11-13-7-14(16)9-15(8-13)18-5-4-6-19-3/h7-9,12,17H,4-6,10-11H2,1-3H3. The molecular weight excluding hydrogens is 261 g/mol. The average molecular weight is 285 g/mol. The van der Waals surface area contributed by atoms with E-state index in [-0.39, 0.29) is 5.82 Å². The second-order valence-electron chi connectivity index (χ2n) is 5.01. The topological polar surface area (TPSA) is 21.3 Å². The van der Waals surface area contributed by atoms with E-state index in [1.807, 2.05) is 6.07 Å². The zero-order valence-corrected chi connectivity index (χ0v) is 12.9. The Balaban J connectivity index is 2.46. The van der Waals surface area contributed by atoms with E-state index >= 15 is 0 Å². The van der Waals surface area contributed by atoms with Gasteiger partial charge in [0.25, 0.3) is 0 Å². The minimum absolute atomic E-state index is 0.233. The van der Waals surface area contributed by atoms with Gasteiger partial charge >= 0.3 is 0 Å². The first kappa shape index (κ1) is 16.3. The van der Waals surface area contributed by atoms with Crippen LogP contribution in [0.3, 0.4) is 0 Å². The van der Waals surface area contributed by atoms with Gasteiger partial charge in [0, 0.05) is 12.6 Å². The quantitative estimate of drug-likeness (QED) is 0.699. The van der Waals surface area contributed by atoms with Crippen molar-refractivity contribution in [2.75, 3.05) is 25.2 Å². The molecule has 108 valence electrons. The summed E-state index contributed by atoms with van der Waals surface area (Å²) in [6.07, 6.45) is 3.05. The van der Waals surface area contributed by atoms with Gasteiger partial charge in [0.2, 0.25) is 0 Å². The predicted molar refractivity (Wildman–Crippen MR) is 81.4 cm³/mol. The summed E-state index contributed by atoms with van der Waals surface area (Å²) in [5.74, 6) is 2.06. The molecule has 0 bridgehead atoms. The molecule has 2 nitrogen and oxygen atoms in total. The fraction of sp³-hybridized carbons (Fsp3) is 0.600. The van der Waals surface area contributed by atoms with E-state index < -0.39 is 0 Å². The number of hydrogen-bond acceptors (Lipinski definition) is 3. The predicted octanol–water partition coefficient (Wildman–Crippen LogP) is 3.70. The van der Waals surface area contributed by atoms with Crippen LogP contribution in [-0.2, 0) is 6.54 Å². The van der Waals surface area contributed by atoms with E-state index in [0.29, 0.717) is 24.8 Å². The summed E-state index contributed by atoms with van der Waals surface area (Å²) in [6.45, 7) is 6.55. The van der Waals surface area contributed by atoms with Crippen molar-refractivity contribution in [3.8, 4) is 5.75 Å². The number of hydrogen-bond donors (Lipinski definition) is 1. The third kappa shape index (κ3) is 7.43. The first-order valence-corrected chi connectivity index (χ1v) is 8.13. The zero-order valence-electron chi connectivity index (χ0n) is 12.0. The largest absolute Gasteiger partial charge is 0.493 e. The van der Waals surface area contributed by atoms with Crippen LogP contribution in [0.15, 0.2) is 18.2 Å². The lowest BCUT2D eigenvalue weighted by atomic mass is 10.2. The van der Waals surface area contributed by atoms with Crippen molar-refractivity contribution in [2.45, 2.75) is 26.8 Å². The molecule has 19 heavy (non-hydrogen) atoms. The molecule has 1 N–H and O–H groups in total. The smallest absolute Gasteiger partial charge is 0.127 e. The van der Waals surface area contributed by atoms with Crippen LogP contribution < -0.4 is 10.1 Å². The number of benzene rings is 1. The van der Waals surface area contributed by atoms with Crippen molar-refractivity contribution in [3.05, 3.63) is 29.6 Å². The molecule has 0 unspecified atom stereocenters. The highest BCUT2D eigenvalue weighted by Gasteiger charge is 2.02. The molecule has 0 aliphatic heterocycles. The normalized spacial score (nSPS) is 11.0. The monoisotopic (exact) mass is 285 g/mol. The van der Waals surface area contributed by atoms with Crippen LogP contribution in [0.5, 0.6) is 5.75 Å². The van der Waals surface area contributed by atoms with Crippen molar-refractivity contribution in [1.82, 2.24) is 5.32 Å². The van der Waals surface area contributed by atoms with Crippen LogP contribution >= 0.6 is 11.8 Å². The van der Waals surface area contributed by atoms with E-state index in [9.17, 15) is 4.39 Å². The average Bonchev–Trinajstić information content (AvgIpc) is 2.34. The first-order valence-electron chi connectivity index (χ1n) is 6.73. The summed E-state index contributed by atoms with van der Waals surface area (Å²) >= 11 is 1.79. The highest BCUT2D eigenvalue weighted by molar-refractivity contribution is 7.98. The zero-order chi connectivity index (χ0) is 14.1. The van der Waals surface area contributed by atoms with Gasteiger partial charge in [-0.25, -0.2) is 4.39 Å². The van der Waals surface area contributed by atoms with Gasteiger partial charge in [-0.05, 0) is 48.6 Å². The van der Waals surface area contributed by atoms with E-state index in [4.69, 9.17) is 4.74 Å². The molecule has 1 rings (SSSR count). The Hall–Kier alpha value is -0.740. The lowest BCUT2D eigenvalue weighted by molar-refractivity contribution is 0.316. The Kier molecular flexibility index (Phi) is 7.91. The summed E-state index contributed by atoms with van der Waals surface area (Å²) in [4.78, 5) is 0. The lowest BCUT2D eigenvalue weighted by Crippen LogP contribution is -2.19. The molecule has 0 aromatic heterocycles. The van der Waals surface area contributed by atoms with E-state index in [1.54, 1.807) is 17.8 Å². The van der Waals surface area contributed by atoms with Gasteiger partial charge in [-0.1, -0.05) is 13.8 Å². The van der Waals surface area contributed by atoms with Gasteiger partial charge in [-0.15, -0.1) is 0 Å². The van der Waals surface area contributed by atoms with Gasteiger partial charge in [0.15, 0.2) is 0 Å². The Morgan fingerprint density at radius 3 is 2.79 bits per heavy atom. The van der Waals surface area contributed by atoms with Crippen molar-refractivity contribution in [2.24, 2.45) is 5.92 Å². The van der Waals surface area contributed by atoms with Crippen LogP contribution in [0.4, 0.5) is 4.39 Å². The summed E-state index contributed by atoms with van der Waals surface area (Å²) < 4.78 is 19.1. The van der Waals surface area contributed by atoms with E-state index in [1.165, 1.54) is 6.07 Å². The molecule has 0 heterocycles. The number of ether oxygens (including phenoxy) is 1. The minimum atomic E-state index is -0.233. The molecule has 0 aliphatic rings. The van der Waals surface area contributed by atoms with Crippen LogP contribution in [0.1, 0.15) is 25.8 Å². The maximum absolute atomic E-state index is 13.5. The third-order valence-electron chi connectivity index (χ3n) is 2.57. The van der Waals surface area contributed by atoms with Gasteiger partial charge in [0.05, 0.1) is 6.61 Å². The van der Waals surface area contributed by atoms with E-state index in [2.05, 4.69) is 25.4 Å². The fourth-order valence-corrected chi connectivity index (χ4v) is 2.11. The molecule has 0 aliphatic carbocycles. The lowest BCUT2D eigenvalue weighted by Gasteiger charge is -2.10. The van der Waals surface area contributed by atoms with Gasteiger partial charge in [-0.3, -0.25) is 0 Å². The molecule has 0 atom stereocenters. The highest BCUT2D eigenvalue weighted by atomic mass is 32.2. The van der Waals surface area contributed by atoms with Crippen molar-refractivity contribution in [3.63, 3.8) is 0 Å². The van der Waals surface area contributed by atoms with Crippen molar-refractivity contribution < 1.29 is 9.13 Å². The number of thioether (sulfide) groups is 1. The van der Waals surface area contributed by atoms with E-state index in [0.717, 1.165) is 24.3 Å². The first-order chi connectivity index (χ1) is 9.11. The summed E-state index contributed by atoms with van der Waals surface area (Å²) in [5.41, 5.74) is 0.931. The second kappa shape index (κ2) is 9.21. The Bertz CT molecular complexity index is 371. The molecular formula is C15H24FNOS. The van der Waals surface area contributed by atoms with Crippen LogP contribution in [0.2, 0.25) is 0 Å². The SMILES string of the molecule is CSCCCOc1cc(F)cc(CNCC(C)C)c1. The third-order valence-corrected chi connectivity index (χ3v) is 3.27. The number of nitrogens with one attached hydrogen (secondary N) is 1. The highest BCUT2D eigenvalue weighted by Crippen LogP contribution is 2.17. The van der Waals surface area contributed by atoms with Gasteiger partial charge < -0.3 is 10.1 Å². The maximum atomic E-state index is 13.5. The van der Waals surface area contributed by atoms with Crippen LogP contribution in [-0.4, -0.2) is 25.2 Å².